The summed E-state index contributed by atoms with van der Waals surface area (Å²) in [5, 5.41) is 27.7. The number of rotatable bonds is 0. The number of nitrogens with zero attached hydrogens (tertiary/aromatic N) is 2. The van der Waals surface area contributed by atoms with Gasteiger partial charge in [0.1, 0.15) is 12.1 Å². The van der Waals surface area contributed by atoms with Gasteiger partial charge in [0.2, 0.25) is 0 Å². The molecule has 0 aliphatic heterocycles. The summed E-state index contributed by atoms with van der Waals surface area (Å²) < 4.78 is 0.818. The highest BCUT2D eigenvalue weighted by atomic mass is 32.1. The second kappa shape index (κ2) is 3.02. The summed E-state index contributed by atoms with van der Waals surface area (Å²) in [5.41, 5.74) is 0.694. The minimum absolute atomic E-state index is 0.193. The Morgan fingerprint density at radius 1 is 1.07 bits per heavy atom. The van der Waals surface area contributed by atoms with E-state index in [1.165, 1.54) is 11.3 Å². The summed E-state index contributed by atoms with van der Waals surface area (Å²) in [6.45, 7) is 0. The van der Waals surface area contributed by atoms with E-state index < -0.39 is 0 Å². The van der Waals surface area contributed by atoms with Gasteiger partial charge >= 0.3 is 0 Å². The molecule has 0 spiro atoms. The van der Waals surface area contributed by atoms with Crippen LogP contribution in [0.5, 0.6) is 5.06 Å². The predicted molar refractivity (Wildman–Crippen MR) is 52.9 cm³/mol. The van der Waals surface area contributed by atoms with Crippen LogP contribution in [0.4, 0.5) is 0 Å². The van der Waals surface area contributed by atoms with Crippen LogP contribution in [0.15, 0.2) is 18.2 Å². The molecule has 66 valence electrons. The molecule has 1 aromatic heterocycles. The van der Waals surface area contributed by atoms with E-state index in [1.807, 2.05) is 12.1 Å². The topological polar surface area (TPSA) is 67.8 Å². The quantitative estimate of drug-likeness (QED) is 0.709. The van der Waals surface area contributed by atoms with Crippen LogP contribution in [-0.4, -0.2) is 5.11 Å². The van der Waals surface area contributed by atoms with Gasteiger partial charge in [-0.2, -0.15) is 10.5 Å². The maximum Gasteiger partial charge on any atom is 0.172 e. The maximum absolute atomic E-state index is 9.24. The third kappa shape index (κ3) is 1.19. The van der Waals surface area contributed by atoms with Gasteiger partial charge in [-0.3, -0.25) is 0 Å². The molecule has 0 saturated heterocycles. The molecule has 0 atom stereocenters. The number of benzene rings is 1. The summed E-state index contributed by atoms with van der Waals surface area (Å²) in [5.74, 6) is 0. The molecule has 4 heteroatoms. The molecule has 0 fully saturated rings. The lowest BCUT2D eigenvalue weighted by Crippen LogP contribution is -1.81. The molecule has 2 rings (SSSR count). The highest BCUT2D eigenvalue weighted by Gasteiger charge is 2.06. The van der Waals surface area contributed by atoms with E-state index in [4.69, 9.17) is 10.5 Å². The lowest BCUT2D eigenvalue weighted by atomic mass is 10.1. The average Bonchev–Trinajstić information content (AvgIpc) is 2.54. The number of aromatic hydroxyl groups is 1. The van der Waals surface area contributed by atoms with Crippen molar-refractivity contribution < 1.29 is 5.11 Å². The van der Waals surface area contributed by atoms with E-state index in [-0.39, 0.29) is 5.06 Å². The Morgan fingerprint density at radius 3 is 2.36 bits per heavy atom. The van der Waals surface area contributed by atoms with Crippen LogP contribution in [-0.2, 0) is 0 Å². The Bertz CT molecular complexity index is 535. The number of nitriles is 2. The van der Waals surface area contributed by atoms with E-state index in [2.05, 4.69) is 0 Å². The first-order valence-electron chi connectivity index (χ1n) is 3.81. The van der Waals surface area contributed by atoms with E-state index in [0.717, 1.165) is 10.1 Å². The van der Waals surface area contributed by atoms with Gasteiger partial charge in [0.05, 0.1) is 11.1 Å². The van der Waals surface area contributed by atoms with Gasteiger partial charge in [-0.1, -0.05) is 11.3 Å². The maximum atomic E-state index is 9.24. The van der Waals surface area contributed by atoms with Gasteiger partial charge in [-0.05, 0) is 23.6 Å². The van der Waals surface area contributed by atoms with Crippen LogP contribution in [0.3, 0.4) is 0 Å². The molecule has 1 heterocycles. The van der Waals surface area contributed by atoms with Gasteiger partial charge < -0.3 is 5.11 Å². The minimum atomic E-state index is 0.193. The van der Waals surface area contributed by atoms with Crippen molar-refractivity contribution in [1.82, 2.24) is 0 Å². The highest BCUT2D eigenvalue weighted by Crippen LogP contribution is 2.32. The molecule has 0 bridgehead atoms. The van der Waals surface area contributed by atoms with Crippen LogP contribution in [0, 0.1) is 22.7 Å². The van der Waals surface area contributed by atoms with Gasteiger partial charge in [0.15, 0.2) is 5.06 Å². The van der Waals surface area contributed by atoms with Gasteiger partial charge in [0, 0.05) is 4.70 Å². The first kappa shape index (κ1) is 8.55. The molecular weight excluding hydrogens is 196 g/mol. The third-order valence-corrected chi connectivity index (χ3v) is 2.78. The Kier molecular flexibility index (Phi) is 1.85. The summed E-state index contributed by atoms with van der Waals surface area (Å²) in [6.07, 6.45) is 0. The predicted octanol–water partition coefficient (Wildman–Crippen LogP) is 2.35. The monoisotopic (exact) mass is 200 g/mol. The van der Waals surface area contributed by atoms with Crippen molar-refractivity contribution in [2.24, 2.45) is 0 Å². The number of hydrogen-bond acceptors (Lipinski definition) is 4. The molecule has 1 aromatic carbocycles. The zero-order valence-corrected chi connectivity index (χ0v) is 7.80. The zero-order valence-electron chi connectivity index (χ0n) is 6.98. The van der Waals surface area contributed by atoms with E-state index >= 15 is 0 Å². The average molecular weight is 200 g/mol. The minimum Gasteiger partial charge on any atom is -0.499 e. The molecule has 0 aliphatic carbocycles. The fraction of sp³-hybridized carbons (Fsp3) is 0. The largest absolute Gasteiger partial charge is 0.499 e. The van der Waals surface area contributed by atoms with Crippen molar-refractivity contribution >= 4 is 21.4 Å². The first-order valence-corrected chi connectivity index (χ1v) is 4.63. The lowest BCUT2D eigenvalue weighted by molar-refractivity contribution is 0.491. The molecular formula is C10H4N2OS. The number of fused-ring (bicyclic) bond motifs is 1. The third-order valence-electron chi connectivity index (χ3n) is 1.88. The van der Waals surface area contributed by atoms with Crippen LogP contribution in [0.1, 0.15) is 11.1 Å². The number of thiophene rings is 1. The second-order valence-corrected chi connectivity index (χ2v) is 3.81. The van der Waals surface area contributed by atoms with E-state index in [9.17, 15) is 5.11 Å². The van der Waals surface area contributed by atoms with E-state index in [0.29, 0.717) is 11.1 Å². The SMILES string of the molecule is N#Cc1cc2cc(O)sc2cc1C#N. The van der Waals surface area contributed by atoms with Gasteiger partial charge in [-0.15, -0.1) is 0 Å². The Hall–Kier alpha value is -2.04. The molecule has 0 amide bonds. The lowest BCUT2D eigenvalue weighted by Gasteiger charge is -1.93. The Morgan fingerprint density at radius 2 is 1.71 bits per heavy atom. The molecule has 3 nitrogen and oxygen atoms in total. The highest BCUT2D eigenvalue weighted by molar-refractivity contribution is 7.20. The zero-order chi connectivity index (χ0) is 10.1. The molecule has 0 radical (unpaired) electrons. The number of hydrogen-bond donors (Lipinski definition) is 1. The van der Waals surface area contributed by atoms with Crippen molar-refractivity contribution in [3.05, 3.63) is 29.3 Å². The van der Waals surface area contributed by atoms with Crippen molar-refractivity contribution in [2.75, 3.05) is 0 Å². The molecule has 0 saturated carbocycles. The van der Waals surface area contributed by atoms with Gasteiger partial charge in [0.25, 0.3) is 0 Å². The summed E-state index contributed by atoms with van der Waals surface area (Å²) in [7, 11) is 0. The van der Waals surface area contributed by atoms with Crippen molar-refractivity contribution in [1.29, 1.82) is 10.5 Å². The van der Waals surface area contributed by atoms with Gasteiger partial charge in [-0.25, -0.2) is 0 Å². The van der Waals surface area contributed by atoms with E-state index in [1.54, 1.807) is 18.2 Å². The first-order chi connectivity index (χ1) is 6.74. The van der Waals surface area contributed by atoms with Crippen LogP contribution in [0.25, 0.3) is 10.1 Å². The molecule has 0 unspecified atom stereocenters. The molecule has 14 heavy (non-hydrogen) atoms. The fourth-order valence-electron chi connectivity index (χ4n) is 1.26. The van der Waals surface area contributed by atoms with Crippen molar-refractivity contribution in [2.45, 2.75) is 0 Å². The van der Waals surface area contributed by atoms with Crippen LogP contribution < -0.4 is 0 Å². The molecule has 0 aliphatic rings. The Balaban J connectivity index is 2.84. The summed E-state index contributed by atoms with van der Waals surface area (Å²) in [6, 6.07) is 8.72. The fourth-order valence-corrected chi connectivity index (χ4v) is 2.08. The van der Waals surface area contributed by atoms with Crippen molar-refractivity contribution in [3.63, 3.8) is 0 Å². The van der Waals surface area contributed by atoms with Crippen LogP contribution >= 0.6 is 11.3 Å². The molecule has 2 aromatic rings. The smallest absolute Gasteiger partial charge is 0.172 e. The molecule has 1 N–H and O–H groups in total. The Labute approximate surface area is 84.1 Å². The standard InChI is InChI=1S/C10H4N2OS/c11-4-7-1-6-3-10(13)14-9(6)2-8(7)5-12/h1-3,13H. The summed E-state index contributed by atoms with van der Waals surface area (Å²) in [4.78, 5) is 0. The second-order valence-electron chi connectivity index (χ2n) is 2.74. The summed E-state index contributed by atoms with van der Waals surface area (Å²) >= 11 is 1.20. The normalized spacial score (nSPS) is 9.57. The van der Waals surface area contributed by atoms with Crippen LogP contribution in [0.2, 0.25) is 0 Å². The van der Waals surface area contributed by atoms with Crippen molar-refractivity contribution in [3.8, 4) is 17.2 Å².